The van der Waals surface area contributed by atoms with Gasteiger partial charge in [0.25, 0.3) is 5.91 Å². The van der Waals surface area contributed by atoms with Crippen molar-refractivity contribution in [3.63, 3.8) is 0 Å². The average molecular weight is 418 g/mol. The zero-order valence-corrected chi connectivity index (χ0v) is 17.4. The van der Waals surface area contributed by atoms with Crippen LogP contribution in [0.15, 0.2) is 48.5 Å². The summed E-state index contributed by atoms with van der Waals surface area (Å²) >= 11 is 6.03. The van der Waals surface area contributed by atoms with Crippen LogP contribution in [0.4, 0.5) is 0 Å². The molecule has 0 aliphatic heterocycles. The van der Waals surface area contributed by atoms with E-state index in [1.165, 1.54) is 0 Å². The van der Waals surface area contributed by atoms with Crippen molar-refractivity contribution >= 4 is 29.3 Å². The van der Waals surface area contributed by atoms with Crippen LogP contribution in [-0.2, 0) is 9.53 Å². The molecule has 1 atom stereocenters. The maximum Gasteiger partial charge on any atom is 0.329 e. The topological polar surface area (TPSA) is 81.7 Å². The van der Waals surface area contributed by atoms with Crippen LogP contribution in [0.25, 0.3) is 0 Å². The van der Waals surface area contributed by atoms with Gasteiger partial charge < -0.3 is 14.8 Å². The van der Waals surface area contributed by atoms with Crippen molar-refractivity contribution in [1.29, 1.82) is 0 Å². The fourth-order valence-electron chi connectivity index (χ4n) is 2.58. The van der Waals surface area contributed by atoms with Crippen molar-refractivity contribution in [2.24, 2.45) is 5.92 Å². The highest BCUT2D eigenvalue weighted by molar-refractivity contribution is 6.33. The lowest BCUT2D eigenvalue weighted by molar-refractivity contribution is -0.145. The van der Waals surface area contributed by atoms with Crippen molar-refractivity contribution in [2.75, 3.05) is 13.2 Å². The summed E-state index contributed by atoms with van der Waals surface area (Å²) in [7, 11) is 0. The fourth-order valence-corrected chi connectivity index (χ4v) is 2.80. The molecule has 0 saturated carbocycles. The monoisotopic (exact) mass is 417 g/mol. The normalized spacial score (nSPS) is 11.6. The molecule has 2 aromatic carbocycles. The second kappa shape index (κ2) is 10.6. The first-order valence-corrected chi connectivity index (χ1v) is 9.69. The van der Waals surface area contributed by atoms with Crippen LogP contribution in [0.2, 0.25) is 5.02 Å². The third-order valence-electron chi connectivity index (χ3n) is 4.16. The molecule has 0 aliphatic rings. The van der Waals surface area contributed by atoms with E-state index in [4.69, 9.17) is 21.1 Å². The maximum absolute atomic E-state index is 12.5. The Labute approximate surface area is 175 Å². The van der Waals surface area contributed by atoms with Crippen LogP contribution in [0.1, 0.15) is 41.5 Å². The number of hydrogen-bond donors (Lipinski definition) is 1. The van der Waals surface area contributed by atoms with Crippen LogP contribution in [0.3, 0.4) is 0 Å². The number of carbonyl (C=O) groups is 3. The predicted molar refractivity (Wildman–Crippen MR) is 110 cm³/mol. The van der Waals surface area contributed by atoms with Crippen LogP contribution >= 0.6 is 11.6 Å². The van der Waals surface area contributed by atoms with Crippen LogP contribution < -0.4 is 10.1 Å². The second-order valence-electron chi connectivity index (χ2n) is 6.66. The molecule has 7 heteroatoms. The van der Waals surface area contributed by atoms with Gasteiger partial charge in [0.1, 0.15) is 11.8 Å². The first kappa shape index (κ1) is 22.4. The van der Waals surface area contributed by atoms with Crippen molar-refractivity contribution in [3.05, 3.63) is 64.7 Å². The predicted octanol–water partition coefficient (Wildman–Crippen LogP) is 3.92. The molecular formula is C22H24ClNO5. The number of nitrogens with one attached hydrogen (secondary N) is 1. The van der Waals surface area contributed by atoms with Crippen molar-refractivity contribution in [3.8, 4) is 5.75 Å². The number of esters is 1. The third kappa shape index (κ3) is 6.32. The number of benzene rings is 2. The summed E-state index contributed by atoms with van der Waals surface area (Å²) in [5.41, 5.74) is 0.667. The lowest BCUT2D eigenvalue weighted by Gasteiger charge is -2.21. The number of carbonyl (C=O) groups excluding carboxylic acids is 3. The van der Waals surface area contributed by atoms with Crippen molar-refractivity contribution in [1.82, 2.24) is 5.32 Å². The van der Waals surface area contributed by atoms with Gasteiger partial charge in [0.05, 0.1) is 17.2 Å². The molecule has 0 unspecified atom stereocenters. The molecule has 0 fully saturated rings. The summed E-state index contributed by atoms with van der Waals surface area (Å²) in [6.07, 6.45) is 0. The summed E-state index contributed by atoms with van der Waals surface area (Å²) < 4.78 is 10.5. The third-order valence-corrected chi connectivity index (χ3v) is 4.49. The SMILES string of the molecule is CCOc1ccc(C(=O)COC(=O)[C@@H](NC(=O)c2ccccc2Cl)C(C)C)cc1. The lowest BCUT2D eigenvalue weighted by Crippen LogP contribution is -2.45. The average Bonchev–Trinajstić information content (AvgIpc) is 2.70. The molecule has 0 aromatic heterocycles. The molecule has 0 radical (unpaired) electrons. The number of ketones is 1. The van der Waals surface area contributed by atoms with Gasteiger partial charge in [-0.3, -0.25) is 9.59 Å². The van der Waals surface area contributed by atoms with Gasteiger partial charge in [-0.25, -0.2) is 4.79 Å². The Morgan fingerprint density at radius 1 is 1.03 bits per heavy atom. The highest BCUT2D eigenvalue weighted by Gasteiger charge is 2.27. The molecule has 0 aliphatic carbocycles. The Kier molecular flexibility index (Phi) is 8.21. The Hall–Kier alpha value is -2.86. The highest BCUT2D eigenvalue weighted by atomic mass is 35.5. The van der Waals surface area contributed by atoms with E-state index in [2.05, 4.69) is 5.32 Å². The molecule has 1 amide bonds. The smallest absolute Gasteiger partial charge is 0.329 e. The van der Waals surface area contributed by atoms with Crippen molar-refractivity contribution < 1.29 is 23.9 Å². The molecule has 2 rings (SSSR count). The Morgan fingerprint density at radius 2 is 1.69 bits per heavy atom. The Morgan fingerprint density at radius 3 is 2.28 bits per heavy atom. The minimum absolute atomic E-state index is 0.241. The lowest BCUT2D eigenvalue weighted by atomic mass is 10.0. The van der Waals surface area contributed by atoms with Gasteiger partial charge in [0.2, 0.25) is 0 Å². The highest BCUT2D eigenvalue weighted by Crippen LogP contribution is 2.16. The van der Waals surface area contributed by atoms with E-state index >= 15 is 0 Å². The standard InChI is InChI=1S/C22H24ClNO5/c1-4-28-16-11-9-15(10-12-16)19(25)13-29-22(27)20(14(2)3)24-21(26)17-7-5-6-8-18(17)23/h5-12,14,20H,4,13H2,1-3H3,(H,24,26)/t20-/m0/s1. The number of amides is 1. The van der Waals surface area contributed by atoms with Crippen molar-refractivity contribution in [2.45, 2.75) is 26.8 Å². The van der Waals surface area contributed by atoms with Gasteiger partial charge in [0.15, 0.2) is 12.4 Å². The van der Waals surface area contributed by atoms with Gasteiger partial charge in [-0.15, -0.1) is 0 Å². The van der Waals surface area contributed by atoms with E-state index in [1.807, 2.05) is 6.92 Å². The molecular weight excluding hydrogens is 394 g/mol. The molecule has 154 valence electrons. The van der Waals surface area contributed by atoms with Crippen LogP contribution in [0, 0.1) is 5.92 Å². The van der Waals surface area contributed by atoms with E-state index in [9.17, 15) is 14.4 Å². The maximum atomic E-state index is 12.5. The van der Waals surface area contributed by atoms with Gasteiger partial charge >= 0.3 is 5.97 Å². The number of halogens is 1. The zero-order valence-electron chi connectivity index (χ0n) is 16.6. The van der Waals surface area contributed by atoms with Crippen LogP contribution in [0.5, 0.6) is 5.75 Å². The van der Waals surface area contributed by atoms with Gasteiger partial charge in [0, 0.05) is 5.56 Å². The molecule has 6 nitrogen and oxygen atoms in total. The van der Waals surface area contributed by atoms with Gasteiger partial charge in [-0.1, -0.05) is 37.6 Å². The Bertz CT molecular complexity index is 864. The van der Waals surface area contributed by atoms with Gasteiger partial charge in [-0.05, 0) is 49.2 Å². The summed E-state index contributed by atoms with van der Waals surface area (Å²) in [5, 5.41) is 2.92. The second-order valence-corrected chi connectivity index (χ2v) is 7.07. The molecule has 2 aromatic rings. The largest absolute Gasteiger partial charge is 0.494 e. The molecule has 0 spiro atoms. The minimum atomic E-state index is -0.910. The zero-order chi connectivity index (χ0) is 21.4. The van der Waals surface area contributed by atoms with E-state index in [0.29, 0.717) is 17.9 Å². The summed E-state index contributed by atoms with van der Waals surface area (Å²) in [5.74, 6) is -1.09. The number of rotatable bonds is 9. The van der Waals surface area contributed by atoms with E-state index < -0.39 is 24.5 Å². The number of Topliss-reactive ketones (excluding diaryl/α,β-unsaturated/α-hetero) is 1. The number of hydrogen-bond acceptors (Lipinski definition) is 5. The summed E-state index contributed by atoms with van der Waals surface area (Å²) in [4.78, 5) is 37.2. The molecule has 29 heavy (non-hydrogen) atoms. The molecule has 1 N–H and O–H groups in total. The van der Waals surface area contributed by atoms with Crippen LogP contribution in [-0.4, -0.2) is 36.9 Å². The minimum Gasteiger partial charge on any atom is -0.494 e. The molecule has 0 bridgehead atoms. The quantitative estimate of drug-likeness (QED) is 0.494. The fraction of sp³-hybridized carbons (Fsp3) is 0.318. The van der Waals surface area contributed by atoms with E-state index in [-0.39, 0.29) is 22.3 Å². The molecule has 0 heterocycles. The number of ether oxygens (including phenoxy) is 2. The first-order valence-electron chi connectivity index (χ1n) is 9.31. The van der Waals surface area contributed by atoms with Gasteiger partial charge in [-0.2, -0.15) is 0 Å². The molecule has 0 saturated heterocycles. The first-order chi connectivity index (χ1) is 13.8. The van der Waals surface area contributed by atoms with E-state index in [1.54, 1.807) is 62.4 Å². The van der Waals surface area contributed by atoms with E-state index in [0.717, 1.165) is 0 Å². The Balaban J connectivity index is 1.97. The summed E-state index contributed by atoms with van der Waals surface area (Å²) in [6, 6.07) is 12.2. The summed E-state index contributed by atoms with van der Waals surface area (Å²) in [6.45, 7) is 5.52.